The van der Waals surface area contributed by atoms with Crippen molar-refractivity contribution in [2.75, 3.05) is 0 Å². The highest BCUT2D eigenvalue weighted by Gasteiger charge is 2.51. The van der Waals surface area contributed by atoms with E-state index >= 15 is 0 Å². The third kappa shape index (κ3) is 4.11. The largest absolute Gasteiger partial charge is 0.310 e. The summed E-state index contributed by atoms with van der Waals surface area (Å²) in [7, 11) is 0. The summed E-state index contributed by atoms with van der Waals surface area (Å²) in [5.74, 6) is 0. The predicted octanol–water partition coefficient (Wildman–Crippen LogP) is 11.0. The molecule has 1 nitrogen and oxygen atoms in total. The molecule has 254 valence electrons. The zero-order valence-electron chi connectivity index (χ0n) is 29.9. The zero-order valence-corrected chi connectivity index (χ0v) is 30.7. The SMILES string of the molecule is C=C/C=C(\C=C)c1c(C2=CCCC=C2)sc2cc3c(cc12)B1c2c(cccc2C3(c2ccccc2)c2ccccc2)-n2c3ccccc3c3cccc1c32. The van der Waals surface area contributed by atoms with Gasteiger partial charge in [-0.2, -0.15) is 0 Å². The molecule has 0 spiro atoms. The van der Waals surface area contributed by atoms with Gasteiger partial charge >= 0.3 is 0 Å². The molecule has 0 fully saturated rings. The van der Waals surface area contributed by atoms with Crippen LogP contribution in [0.4, 0.5) is 0 Å². The fourth-order valence-corrected chi connectivity index (χ4v) is 11.3. The number of allylic oxidation sites excluding steroid dienone is 8. The highest BCUT2D eigenvalue weighted by atomic mass is 32.1. The van der Waals surface area contributed by atoms with E-state index in [9.17, 15) is 0 Å². The van der Waals surface area contributed by atoms with Crippen LogP contribution in [0.1, 0.15) is 45.5 Å². The zero-order chi connectivity index (χ0) is 36.0. The van der Waals surface area contributed by atoms with Crippen molar-refractivity contribution in [1.29, 1.82) is 0 Å². The Labute approximate surface area is 320 Å². The number of fused-ring (bicyclic) bond motifs is 8. The number of thiophene rings is 1. The molecule has 11 rings (SSSR count). The second-order valence-corrected chi connectivity index (χ2v) is 15.7. The van der Waals surface area contributed by atoms with Gasteiger partial charge in [-0.15, -0.1) is 11.3 Å². The van der Waals surface area contributed by atoms with Gasteiger partial charge in [0.15, 0.2) is 0 Å². The van der Waals surface area contributed by atoms with Crippen molar-refractivity contribution in [3.8, 4) is 5.69 Å². The lowest BCUT2D eigenvalue weighted by molar-refractivity contribution is 0.751. The van der Waals surface area contributed by atoms with Gasteiger partial charge in [-0.1, -0.05) is 170 Å². The molecule has 3 aliphatic rings. The summed E-state index contributed by atoms with van der Waals surface area (Å²) < 4.78 is 3.84. The topological polar surface area (TPSA) is 4.93 Å². The molecule has 0 amide bonds. The standard InChI is InChI=1S/C51H36BNS/c1-3-18-33(4-2)47-39-31-43-41(32-46(39)54-50(47)34-19-8-5-9-20-34)51(35-21-10-6-11-22-35,36-23-12-7-13-24-36)40-27-17-30-45-48(40)52(43)42-28-16-26-38-37-25-14-15-29-44(37)53(45)49(38)42/h3-4,6-8,10-32H,1-2,5,9H2/b33-18+. The van der Waals surface area contributed by atoms with Gasteiger partial charge in [0.05, 0.1) is 10.9 Å². The first-order valence-electron chi connectivity index (χ1n) is 18.9. The van der Waals surface area contributed by atoms with Crippen LogP contribution in [0.2, 0.25) is 0 Å². The number of hydrogen-bond donors (Lipinski definition) is 0. The number of para-hydroxylation sites is 2. The summed E-state index contributed by atoms with van der Waals surface area (Å²) in [5, 5.41) is 3.88. The Kier molecular flexibility index (Phi) is 6.93. The van der Waals surface area contributed by atoms with Crippen LogP contribution >= 0.6 is 11.3 Å². The van der Waals surface area contributed by atoms with E-state index < -0.39 is 5.41 Å². The highest BCUT2D eigenvalue weighted by Crippen LogP contribution is 2.50. The lowest BCUT2D eigenvalue weighted by Gasteiger charge is -2.46. The predicted molar refractivity (Wildman–Crippen MR) is 234 cm³/mol. The molecule has 8 aromatic rings. The van der Waals surface area contributed by atoms with E-state index in [1.54, 1.807) is 0 Å². The Morgan fingerprint density at radius 3 is 2.19 bits per heavy atom. The van der Waals surface area contributed by atoms with Gasteiger partial charge in [-0.05, 0) is 75.4 Å². The van der Waals surface area contributed by atoms with Crippen LogP contribution in [-0.4, -0.2) is 11.3 Å². The maximum atomic E-state index is 4.32. The quantitative estimate of drug-likeness (QED) is 0.120. The molecule has 0 saturated carbocycles. The first-order chi connectivity index (χ1) is 26.7. The van der Waals surface area contributed by atoms with Crippen LogP contribution in [0.25, 0.3) is 48.7 Å². The average molecular weight is 706 g/mol. The van der Waals surface area contributed by atoms with Crippen LogP contribution in [0.15, 0.2) is 183 Å². The van der Waals surface area contributed by atoms with Crippen molar-refractivity contribution in [3.63, 3.8) is 0 Å². The van der Waals surface area contributed by atoms with Crippen LogP contribution in [0, 0.1) is 0 Å². The second-order valence-electron chi connectivity index (χ2n) is 14.7. The van der Waals surface area contributed by atoms with E-state index in [0.29, 0.717) is 0 Å². The molecule has 0 atom stereocenters. The first-order valence-corrected chi connectivity index (χ1v) is 19.8. The smallest absolute Gasteiger partial charge is 0.247 e. The third-order valence-corrected chi connectivity index (χ3v) is 13.3. The van der Waals surface area contributed by atoms with Gasteiger partial charge in [0.1, 0.15) is 0 Å². The Hall–Kier alpha value is -6.16. The molecule has 0 N–H and O–H groups in total. The lowest BCUT2D eigenvalue weighted by Crippen LogP contribution is -2.64. The molecule has 1 aliphatic carbocycles. The van der Waals surface area contributed by atoms with E-state index in [1.807, 2.05) is 23.5 Å². The highest BCUT2D eigenvalue weighted by molar-refractivity contribution is 7.20. The monoisotopic (exact) mass is 705 g/mol. The van der Waals surface area contributed by atoms with Crippen LogP contribution in [0.5, 0.6) is 0 Å². The van der Waals surface area contributed by atoms with Crippen molar-refractivity contribution < 1.29 is 0 Å². The fraction of sp³-hybridized carbons (Fsp3) is 0.0588. The molecule has 0 radical (unpaired) electrons. The minimum Gasteiger partial charge on any atom is -0.310 e. The van der Waals surface area contributed by atoms with Crippen molar-refractivity contribution in [2.24, 2.45) is 0 Å². The molecule has 6 aromatic carbocycles. The van der Waals surface area contributed by atoms with Gasteiger partial charge in [-0.25, -0.2) is 0 Å². The minimum absolute atomic E-state index is 0.0391. The minimum atomic E-state index is -0.561. The molecule has 3 heteroatoms. The Balaban J connectivity index is 1.37. The summed E-state index contributed by atoms with van der Waals surface area (Å²) in [5.41, 5.74) is 16.3. The van der Waals surface area contributed by atoms with Crippen molar-refractivity contribution in [2.45, 2.75) is 18.3 Å². The van der Waals surface area contributed by atoms with E-state index in [0.717, 1.165) is 18.4 Å². The number of rotatable bonds is 6. The van der Waals surface area contributed by atoms with Crippen molar-refractivity contribution in [1.82, 2.24) is 4.57 Å². The maximum Gasteiger partial charge on any atom is 0.247 e. The molecule has 0 unspecified atom stereocenters. The van der Waals surface area contributed by atoms with Gasteiger partial charge < -0.3 is 4.57 Å². The van der Waals surface area contributed by atoms with Gasteiger partial charge in [-0.3, -0.25) is 0 Å². The summed E-state index contributed by atoms with van der Waals surface area (Å²) in [6.07, 6.45) is 15.2. The van der Waals surface area contributed by atoms with Crippen LogP contribution in [0.3, 0.4) is 0 Å². The normalized spacial score (nSPS) is 15.3. The average Bonchev–Trinajstić information content (AvgIpc) is 3.78. The molecule has 2 aromatic heterocycles. The summed E-state index contributed by atoms with van der Waals surface area (Å²) in [6.45, 7) is 8.47. The third-order valence-electron chi connectivity index (χ3n) is 12.1. The number of benzene rings is 6. The molecule has 0 saturated heterocycles. The first kappa shape index (κ1) is 31.4. The van der Waals surface area contributed by atoms with E-state index in [4.69, 9.17) is 0 Å². The molecular weight excluding hydrogens is 669 g/mol. The Morgan fingerprint density at radius 2 is 1.44 bits per heavy atom. The van der Waals surface area contributed by atoms with E-state index in [-0.39, 0.29) is 6.71 Å². The Morgan fingerprint density at radius 1 is 0.704 bits per heavy atom. The molecule has 54 heavy (non-hydrogen) atoms. The maximum absolute atomic E-state index is 4.32. The summed E-state index contributed by atoms with van der Waals surface area (Å²) >= 11 is 1.91. The molecule has 0 bridgehead atoms. The fourth-order valence-electron chi connectivity index (χ4n) is 10.1. The number of hydrogen-bond acceptors (Lipinski definition) is 1. The Bertz CT molecular complexity index is 2930. The van der Waals surface area contributed by atoms with Crippen molar-refractivity contribution in [3.05, 3.63) is 216 Å². The number of nitrogens with zero attached hydrogens (tertiary/aromatic N) is 1. The molecule has 2 aliphatic heterocycles. The van der Waals surface area contributed by atoms with E-state index in [2.05, 4.69) is 175 Å². The van der Waals surface area contributed by atoms with Gasteiger partial charge in [0.25, 0.3) is 0 Å². The van der Waals surface area contributed by atoms with E-state index in [1.165, 1.54) is 92.2 Å². The van der Waals surface area contributed by atoms with Crippen LogP contribution in [-0.2, 0) is 5.41 Å². The van der Waals surface area contributed by atoms with Crippen molar-refractivity contribution >= 4 is 77.5 Å². The second kappa shape index (κ2) is 11.9. The van der Waals surface area contributed by atoms with Crippen LogP contribution < -0.4 is 16.4 Å². The molecular formula is C51H36BNS. The number of aromatic nitrogens is 1. The lowest BCUT2D eigenvalue weighted by atomic mass is 9.29. The molecule has 4 heterocycles. The summed E-state index contributed by atoms with van der Waals surface area (Å²) in [6, 6.07) is 50.6. The van der Waals surface area contributed by atoms with Gasteiger partial charge in [0, 0.05) is 42.5 Å². The van der Waals surface area contributed by atoms with Gasteiger partial charge in [0.2, 0.25) is 6.71 Å². The summed E-state index contributed by atoms with van der Waals surface area (Å²) in [4.78, 5) is 1.30.